The van der Waals surface area contributed by atoms with Crippen LogP contribution in [0.15, 0.2) is 54.6 Å². The van der Waals surface area contributed by atoms with E-state index >= 15 is 0 Å². The molecule has 0 aromatic heterocycles. The van der Waals surface area contributed by atoms with Gasteiger partial charge in [0.1, 0.15) is 0 Å². The van der Waals surface area contributed by atoms with Gasteiger partial charge in [0.15, 0.2) is 0 Å². The van der Waals surface area contributed by atoms with Gasteiger partial charge in [0.05, 0.1) is 6.04 Å². The van der Waals surface area contributed by atoms with Crippen molar-refractivity contribution in [3.05, 3.63) is 70.7 Å². The third-order valence-corrected chi connectivity index (χ3v) is 5.64. The maximum absolute atomic E-state index is 11.5. The molecule has 24 heavy (non-hydrogen) atoms. The normalized spacial score (nSPS) is 18.4. The minimum absolute atomic E-state index is 0.0612. The molecule has 0 saturated carbocycles. The second-order valence-corrected chi connectivity index (χ2v) is 7.83. The van der Waals surface area contributed by atoms with E-state index in [1.165, 1.54) is 9.87 Å². The minimum atomic E-state index is -3.62. The third kappa shape index (κ3) is 3.96. The van der Waals surface area contributed by atoms with Crippen molar-refractivity contribution in [1.29, 1.82) is 0 Å². The van der Waals surface area contributed by atoms with Crippen LogP contribution in [0, 0.1) is 0 Å². The molecule has 1 atom stereocenters. The molecule has 2 N–H and O–H groups in total. The average molecular weight is 366 g/mol. The highest BCUT2D eigenvalue weighted by Crippen LogP contribution is 2.30. The van der Waals surface area contributed by atoms with E-state index in [-0.39, 0.29) is 6.04 Å². The molecule has 0 radical (unpaired) electrons. The standard InChI is InChI=1S/C17H20ClN3O2S/c18-16-8-6-15(7-9-16)17(14-4-2-1-3-5-14)20-10-12-21(13-11-20)24(19,22)23/h1-9,17H,10-13H2,(H2,19,22,23). The van der Waals surface area contributed by atoms with E-state index in [4.69, 9.17) is 16.7 Å². The van der Waals surface area contributed by atoms with Gasteiger partial charge in [0.25, 0.3) is 10.2 Å². The Morgan fingerprint density at radius 1 is 0.875 bits per heavy atom. The summed E-state index contributed by atoms with van der Waals surface area (Å²) >= 11 is 6.02. The first-order chi connectivity index (χ1) is 11.4. The number of halogens is 1. The smallest absolute Gasteiger partial charge is 0.276 e. The zero-order valence-corrected chi connectivity index (χ0v) is 14.7. The number of hydrogen-bond donors (Lipinski definition) is 1. The molecule has 0 bridgehead atoms. The van der Waals surface area contributed by atoms with Gasteiger partial charge in [0, 0.05) is 31.2 Å². The Hall–Kier alpha value is -1.44. The number of nitrogens with two attached hydrogens (primary N) is 1. The van der Waals surface area contributed by atoms with Crippen molar-refractivity contribution in [2.75, 3.05) is 26.2 Å². The fourth-order valence-electron chi connectivity index (χ4n) is 3.11. The van der Waals surface area contributed by atoms with Gasteiger partial charge in [-0.25, -0.2) is 5.14 Å². The van der Waals surface area contributed by atoms with Gasteiger partial charge in [0.2, 0.25) is 0 Å². The maximum Gasteiger partial charge on any atom is 0.276 e. The molecule has 2 aromatic carbocycles. The van der Waals surface area contributed by atoms with Crippen molar-refractivity contribution in [1.82, 2.24) is 9.21 Å². The van der Waals surface area contributed by atoms with Gasteiger partial charge in [-0.1, -0.05) is 54.1 Å². The van der Waals surface area contributed by atoms with E-state index in [1.807, 2.05) is 42.5 Å². The Morgan fingerprint density at radius 3 is 1.96 bits per heavy atom. The molecule has 3 rings (SSSR count). The number of piperazine rings is 1. The molecular weight excluding hydrogens is 346 g/mol. The summed E-state index contributed by atoms with van der Waals surface area (Å²) < 4.78 is 24.3. The lowest BCUT2D eigenvalue weighted by molar-refractivity contribution is 0.156. The van der Waals surface area contributed by atoms with Crippen LogP contribution in [0.5, 0.6) is 0 Å². The van der Waals surface area contributed by atoms with Crippen LogP contribution in [0.25, 0.3) is 0 Å². The van der Waals surface area contributed by atoms with Gasteiger partial charge >= 0.3 is 0 Å². The summed E-state index contributed by atoms with van der Waals surface area (Å²) in [4.78, 5) is 2.28. The molecule has 1 fully saturated rings. The topological polar surface area (TPSA) is 66.6 Å². The highest BCUT2D eigenvalue weighted by Gasteiger charge is 2.29. The molecule has 5 nitrogen and oxygen atoms in total. The summed E-state index contributed by atoms with van der Waals surface area (Å²) in [5.74, 6) is 0. The Morgan fingerprint density at radius 2 is 1.42 bits per heavy atom. The summed E-state index contributed by atoms with van der Waals surface area (Å²) in [6.07, 6.45) is 0. The van der Waals surface area contributed by atoms with Crippen molar-refractivity contribution in [3.8, 4) is 0 Å². The molecule has 0 spiro atoms. The molecular formula is C17H20ClN3O2S. The van der Waals surface area contributed by atoms with Gasteiger partial charge < -0.3 is 0 Å². The highest BCUT2D eigenvalue weighted by atomic mass is 35.5. The van der Waals surface area contributed by atoms with E-state index in [1.54, 1.807) is 0 Å². The van der Waals surface area contributed by atoms with Crippen LogP contribution in [0.1, 0.15) is 17.2 Å². The van der Waals surface area contributed by atoms with Crippen LogP contribution in [-0.4, -0.2) is 43.8 Å². The molecule has 0 aliphatic carbocycles. The second kappa shape index (κ2) is 7.21. The third-order valence-electron chi connectivity index (χ3n) is 4.30. The lowest BCUT2D eigenvalue weighted by atomic mass is 9.96. The molecule has 1 heterocycles. The van der Waals surface area contributed by atoms with Crippen molar-refractivity contribution in [2.45, 2.75) is 6.04 Å². The SMILES string of the molecule is NS(=O)(=O)N1CCN(C(c2ccccc2)c2ccc(Cl)cc2)CC1. The summed E-state index contributed by atoms with van der Waals surface area (Å²) in [6, 6.07) is 18.1. The first-order valence-electron chi connectivity index (χ1n) is 7.77. The lowest BCUT2D eigenvalue weighted by Gasteiger charge is -2.38. The van der Waals surface area contributed by atoms with E-state index < -0.39 is 10.2 Å². The number of nitrogens with zero attached hydrogens (tertiary/aromatic N) is 2. The van der Waals surface area contributed by atoms with E-state index in [2.05, 4.69) is 17.0 Å². The van der Waals surface area contributed by atoms with Gasteiger partial charge in [-0.3, -0.25) is 4.90 Å². The minimum Gasteiger partial charge on any atom is -0.290 e. The predicted octanol–water partition coefficient (Wildman–Crippen LogP) is 2.25. The fraction of sp³-hybridized carbons (Fsp3) is 0.294. The monoisotopic (exact) mass is 365 g/mol. The van der Waals surface area contributed by atoms with Gasteiger partial charge in [-0.15, -0.1) is 0 Å². The summed E-state index contributed by atoms with van der Waals surface area (Å²) in [5.41, 5.74) is 2.30. The average Bonchev–Trinajstić information content (AvgIpc) is 2.58. The van der Waals surface area contributed by atoms with Crippen LogP contribution < -0.4 is 5.14 Å². The molecule has 1 aliphatic rings. The Labute approximate surface area is 147 Å². The zero-order chi connectivity index (χ0) is 17.2. The van der Waals surface area contributed by atoms with E-state index in [0.29, 0.717) is 31.2 Å². The first-order valence-corrected chi connectivity index (χ1v) is 9.65. The van der Waals surface area contributed by atoms with Crippen LogP contribution in [0.2, 0.25) is 5.02 Å². The van der Waals surface area contributed by atoms with E-state index in [0.717, 1.165) is 5.56 Å². The quantitative estimate of drug-likeness (QED) is 0.903. The Kier molecular flexibility index (Phi) is 5.22. The molecule has 7 heteroatoms. The Bertz CT molecular complexity index is 773. The van der Waals surface area contributed by atoms with Crippen LogP contribution in [0.4, 0.5) is 0 Å². The number of rotatable bonds is 4. The molecule has 1 saturated heterocycles. The fourth-order valence-corrected chi connectivity index (χ4v) is 3.91. The van der Waals surface area contributed by atoms with Crippen molar-refractivity contribution in [3.63, 3.8) is 0 Å². The highest BCUT2D eigenvalue weighted by molar-refractivity contribution is 7.86. The van der Waals surface area contributed by atoms with E-state index in [9.17, 15) is 8.42 Å². The van der Waals surface area contributed by atoms with Crippen LogP contribution in [-0.2, 0) is 10.2 Å². The van der Waals surface area contributed by atoms with Crippen molar-refractivity contribution < 1.29 is 8.42 Å². The molecule has 1 unspecified atom stereocenters. The van der Waals surface area contributed by atoms with Crippen molar-refractivity contribution >= 4 is 21.8 Å². The zero-order valence-electron chi connectivity index (χ0n) is 13.2. The van der Waals surface area contributed by atoms with Crippen LogP contribution >= 0.6 is 11.6 Å². The Balaban J connectivity index is 1.88. The van der Waals surface area contributed by atoms with Crippen molar-refractivity contribution in [2.24, 2.45) is 5.14 Å². The van der Waals surface area contributed by atoms with Gasteiger partial charge in [-0.05, 0) is 23.3 Å². The van der Waals surface area contributed by atoms with Gasteiger partial charge in [-0.2, -0.15) is 12.7 Å². The molecule has 0 amide bonds. The summed E-state index contributed by atoms with van der Waals surface area (Å²) in [5, 5.41) is 5.93. The summed E-state index contributed by atoms with van der Waals surface area (Å²) in [7, 11) is -3.62. The molecule has 128 valence electrons. The maximum atomic E-state index is 11.5. The predicted molar refractivity (Wildman–Crippen MR) is 96.0 cm³/mol. The largest absolute Gasteiger partial charge is 0.290 e. The lowest BCUT2D eigenvalue weighted by Crippen LogP contribution is -2.51. The molecule has 2 aromatic rings. The first kappa shape index (κ1) is 17.4. The second-order valence-electron chi connectivity index (χ2n) is 5.84. The number of hydrogen-bond acceptors (Lipinski definition) is 3. The van der Waals surface area contributed by atoms with Crippen LogP contribution in [0.3, 0.4) is 0 Å². The summed E-state index contributed by atoms with van der Waals surface area (Å²) in [6.45, 7) is 2.04. The molecule has 1 aliphatic heterocycles. The number of benzene rings is 2.